The highest BCUT2D eigenvalue weighted by Crippen LogP contribution is 2.27. The molecule has 0 atom stereocenters. The largest absolute Gasteiger partial charge is 0.497 e. The average molecular weight is 378 g/mol. The quantitative estimate of drug-likeness (QED) is 0.704. The van der Waals surface area contributed by atoms with Crippen LogP contribution in [0.1, 0.15) is 24.6 Å². The van der Waals surface area contributed by atoms with Crippen LogP contribution in [0.3, 0.4) is 0 Å². The van der Waals surface area contributed by atoms with Crippen LogP contribution in [0.2, 0.25) is 0 Å². The van der Waals surface area contributed by atoms with E-state index in [4.69, 9.17) is 9.15 Å². The van der Waals surface area contributed by atoms with Crippen molar-refractivity contribution in [2.24, 2.45) is 0 Å². The Kier molecular flexibility index (Phi) is 5.58. The number of nitrogens with one attached hydrogen (secondary N) is 1. The van der Waals surface area contributed by atoms with Crippen LogP contribution in [0.25, 0.3) is 11.1 Å². The minimum atomic E-state index is 0.486. The third-order valence-electron chi connectivity index (χ3n) is 5.24. The molecular weight excluding hydrogens is 352 g/mol. The zero-order valence-corrected chi connectivity index (χ0v) is 16.4. The van der Waals surface area contributed by atoms with E-state index >= 15 is 0 Å². The number of anilines is 1. The van der Waals surface area contributed by atoms with Crippen molar-refractivity contribution in [3.05, 3.63) is 60.3 Å². The molecule has 0 spiro atoms. The van der Waals surface area contributed by atoms with Crippen molar-refractivity contribution >= 4 is 5.69 Å². The Morgan fingerprint density at radius 3 is 2.54 bits per heavy atom. The van der Waals surface area contributed by atoms with Crippen molar-refractivity contribution in [1.82, 2.24) is 15.5 Å². The summed E-state index contributed by atoms with van der Waals surface area (Å²) >= 11 is 0. The summed E-state index contributed by atoms with van der Waals surface area (Å²) in [6, 6.07) is 17.5. The van der Waals surface area contributed by atoms with Gasteiger partial charge in [0.15, 0.2) is 0 Å². The van der Waals surface area contributed by atoms with Gasteiger partial charge in [0.2, 0.25) is 11.8 Å². The number of nitrogens with zero attached hydrogens (tertiary/aromatic N) is 3. The molecule has 2 heterocycles. The van der Waals surface area contributed by atoms with E-state index in [2.05, 4.69) is 56.8 Å². The second-order valence-electron chi connectivity index (χ2n) is 7.14. The minimum Gasteiger partial charge on any atom is -0.497 e. The highest BCUT2D eigenvalue weighted by molar-refractivity contribution is 5.67. The van der Waals surface area contributed by atoms with Gasteiger partial charge in [-0.15, -0.1) is 10.2 Å². The Balaban J connectivity index is 1.32. The Bertz CT molecular complexity index is 899. The van der Waals surface area contributed by atoms with Gasteiger partial charge < -0.3 is 19.4 Å². The second kappa shape index (κ2) is 8.44. The second-order valence-corrected chi connectivity index (χ2v) is 7.14. The molecule has 146 valence electrons. The third-order valence-corrected chi connectivity index (χ3v) is 5.24. The average Bonchev–Trinajstić information content (AvgIpc) is 3.18. The van der Waals surface area contributed by atoms with Gasteiger partial charge in [0.05, 0.1) is 13.7 Å². The van der Waals surface area contributed by atoms with E-state index in [1.165, 1.54) is 16.8 Å². The molecule has 0 bridgehead atoms. The van der Waals surface area contributed by atoms with Crippen LogP contribution >= 0.6 is 0 Å². The normalized spacial score (nSPS) is 15.0. The van der Waals surface area contributed by atoms with Crippen LogP contribution < -0.4 is 15.0 Å². The fraction of sp³-hybridized carbons (Fsp3) is 0.364. The summed E-state index contributed by atoms with van der Waals surface area (Å²) in [5, 5.41) is 11.4. The van der Waals surface area contributed by atoms with Crippen molar-refractivity contribution in [2.45, 2.75) is 32.4 Å². The van der Waals surface area contributed by atoms with Crippen molar-refractivity contribution < 1.29 is 9.15 Å². The molecule has 0 radical (unpaired) electrons. The summed E-state index contributed by atoms with van der Waals surface area (Å²) in [7, 11) is 1.70. The summed E-state index contributed by atoms with van der Waals surface area (Å²) in [5.41, 5.74) is 3.65. The van der Waals surface area contributed by atoms with Gasteiger partial charge in [-0.1, -0.05) is 24.3 Å². The van der Waals surface area contributed by atoms with Gasteiger partial charge in [0.1, 0.15) is 5.75 Å². The van der Waals surface area contributed by atoms with E-state index in [-0.39, 0.29) is 0 Å². The lowest BCUT2D eigenvalue weighted by atomic mass is 10.0. The SMILES string of the molecule is COc1cccc(-c2ccc(N3CCC(NCc4nnc(C)o4)CC3)cc2)c1. The van der Waals surface area contributed by atoms with Gasteiger partial charge >= 0.3 is 0 Å². The number of aryl methyl sites for hydroxylation is 1. The molecule has 1 N–H and O–H groups in total. The number of aromatic nitrogens is 2. The van der Waals surface area contributed by atoms with Gasteiger partial charge in [-0.25, -0.2) is 0 Å². The van der Waals surface area contributed by atoms with Crippen molar-refractivity contribution in [1.29, 1.82) is 0 Å². The first-order chi connectivity index (χ1) is 13.7. The molecule has 1 aliphatic heterocycles. The van der Waals surface area contributed by atoms with Crippen LogP contribution in [-0.4, -0.2) is 36.4 Å². The number of hydrogen-bond acceptors (Lipinski definition) is 6. The molecule has 28 heavy (non-hydrogen) atoms. The molecule has 1 fully saturated rings. The Labute approximate surface area is 165 Å². The minimum absolute atomic E-state index is 0.486. The van der Waals surface area contributed by atoms with E-state index < -0.39 is 0 Å². The molecule has 0 unspecified atom stereocenters. The summed E-state index contributed by atoms with van der Waals surface area (Å²) in [6.45, 7) is 4.54. The fourth-order valence-corrected chi connectivity index (χ4v) is 3.65. The lowest BCUT2D eigenvalue weighted by molar-refractivity contribution is 0.378. The van der Waals surface area contributed by atoms with Gasteiger partial charge in [-0.3, -0.25) is 0 Å². The molecule has 0 aliphatic carbocycles. The predicted molar refractivity (Wildman–Crippen MR) is 110 cm³/mol. The maximum atomic E-state index is 5.42. The maximum absolute atomic E-state index is 5.42. The lowest BCUT2D eigenvalue weighted by Crippen LogP contribution is -2.42. The predicted octanol–water partition coefficient (Wildman–Crippen LogP) is 3.81. The molecule has 6 nitrogen and oxygen atoms in total. The topological polar surface area (TPSA) is 63.4 Å². The molecule has 4 rings (SSSR count). The van der Waals surface area contributed by atoms with Gasteiger partial charge in [0, 0.05) is 31.7 Å². The number of rotatable bonds is 6. The van der Waals surface area contributed by atoms with E-state index in [9.17, 15) is 0 Å². The molecular formula is C22H26N4O2. The summed E-state index contributed by atoms with van der Waals surface area (Å²) < 4.78 is 10.8. The zero-order chi connectivity index (χ0) is 19.3. The molecule has 6 heteroatoms. The molecule has 1 aromatic heterocycles. The highest BCUT2D eigenvalue weighted by Gasteiger charge is 2.19. The fourth-order valence-electron chi connectivity index (χ4n) is 3.65. The van der Waals surface area contributed by atoms with Crippen molar-refractivity contribution in [3.63, 3.8) is 0 Å². The van der Waals surface area contributed by atoms with Crippen LogP contribution in [-0.2, 0) is 6.54 Å². The zero-order valence-electron chi connectivity index (χ0n) is 16.4. The first-order valence-electron chi connectivity index (χ1n) is 9.73. The van der Waals surface area contributed by atoms with Gasteiger partial charge in [0.25, 0.3) is 0 Å². The smallest absolute Gasteiger partial charge is 0.230 e. The number of benzene rings is 2. The Morgan fingerprint density at radius 1 is 1.07 bits per heavy atom. The Hall–Kier alpha value is -2.86. The van der Waals surface area contributed by atoms with Crippen molar-refractivity contribution in [2.75, 3.05) is 25.1 Å². The Morgan fingerprint density at radius 2 is 1.86 bits per heavy atom. The number of methoxy groups -OCH3 is 1. The molecule has 1 aliphatic rings. The molecule has 3 aromatic rings. The summed E-state index contributed by atoms with van der Waals surface area (Å²) in [4.78, 5) is 2.45. The lowest BCUT2D eigenvalue weighted by Gasteiger charge is -2.34. The third kappa shape index (κ3) is 4.34. The van der Waals surface area contributed by atoms with E-state index in [0.717, 1.165) is 31.7 Å². The highest BCUT2D eigenvalue weighted by atomic mass is 16.5. The number of ether oxygens (including phenoxy) is 1. The standard InChI is InChI=1S/C22H26N4O2/c1-16-24-25-22(28-16)15-23-19-10-12-26(13-11-19)20-8-6-17(7-9-20)18-4-3-5-21(14-18)27-2/h3-9,14,19,23H,10-13,15H2,1-2H3. The molecule has 0 saturated carbocycles. The van der Waals surface area contributed by atoms with Crippen LogP contribution in [0.5, 0.6) is 5.75 Å². The molecule has 1 saturated heterocycles. The monoisotopic (exact) mass is 378 g/mol. The van der Waals surface area contributed by atoms with Gasteiger partial charge in [-0.2, -0.15) is 0 Å². The van der Waals surface area contributed by atoms with E-state index in [1.807, 2.05) is 19.1 Å². The van der Waals surface area contributed by atoms with Crippen LogP contribution in [0.15, 0.2) is 52.9 Å². The molecule has 0 amide bonds. The number of hydrogen-bond donors (Lipinski definition) is 1. The molecule has 2 aromatic carbocycles. The van der Waals surface area contributed by atoms with E-state index in [0.29, 0.717) is 24.4 Å². The summed E-state index contributed by atoms with van der Waals surface area (Å²) in [5.74, 6) is 2.16. The van der Waals surface area contributed by atoms with Crippen molar-refractivity contribution in [3.8, 4) is 16.9 Å². The van der Waals surface area contributed by atoms with E-state index in [1.54, 1.807) is 7.11 Å². The maximum Gasteiger partial charge on any atom is 0.230 e. The first-order valence-corrected chi connectivity index (χ1v) is 9.73. The number of piperidine rings is 1. The van der Waals surface area contributed by atoms with Crippen LogP contribution in [0, 0.1) is 6.92 Å². The first kappa shape index (κ1) is 18.5. The van der Waals surface area contributed by atoms with Crippen LogP contribution in [0.4, 0.5) is 5.69 Å². The van der Waals surface area contributed by atoms with Gasteiger partial charge in [-0.05, 0) is 48.2 Å². The summed E-state index contributed by atoms with van der Waals surface area (Å²) in [6.07, 6.45) is 2.20.